The van der Waals surface area contributed by atoms with Crippen molar-refractivity contribution < 1.29 is 23.2 Å². The molecule has 4 rings (SSSR count). The fourth-order valence-electron chi connectivity index (χ4n) is 4.32. The van der Waals surface area contributed by atoms with E-state index in [1.807, 2.05) is 18.2 Å². The number of hydrogen-bond acceptors (Lipinski definition) is 6. The molecule has 7 heteroatoms. The molecular weight excluding hydrogens is 411 g/mol. The maximum absolute atomic E-state index is 13.4. The number of carbonyl (C=O) groups is 1. The number of ether oxygens (including phenoxy) is 2. The van der Waals surface area contributed by atoms with Crippen LogP contribution in [0.25, 0.3) is 10.9 Å². The first-order chi connectivity index (χ1) is 15.7. The molecule has 1 aliphatic rings. The van der Waals surface area contributed by atoms with Gasteiger partial charge in [-0.3, -0.25) is 0 Å². The maximum atomic E-state index is 13.4. The first-order valence-electron chi connectivity index (χ1n) is 11.2. The Morgan fingerprint density at radius 3 is 2.78 bits per heavy atom. The Labute approximate surface area is 187 Å². The fraction of sp³-hybridized carbons (Fsp3) is 0.440. The number of nitrogens with zero attached hydrogens (tertiary/aromatic N) is 2. The highest BCUT2D eigenvalue weighted by Crippen LogP contribution is 2.33. The van der Waals surface area contributed by atoms with Crippen molar-refractivity contribution in [3.63, 3.8) is 0 Å². The van der Waals surface area contributed by atoms with Crippen molar-refractivity contribution in [3.8, 4) is 11.5 Å². The van der Waals surface area contributed by atoms with E-state index < -0.39 is 0 Å². The highest BCUT2D eigenvalue weighted by atomic mass is 19.1. The van der Waals surface area contributed by atoms with Crippen LogP contribution in [0.5, 0.6) is 11.5 Å². The van der Waals surface area contributed by atoms with Gasteiger partial charge in [-0.15, -0.1) is 0 Å². The van der Waals surface area contributed by atoms with E-state index >= 15 is 0 Å². The van der Waals surface area contributed by atoms with Gasteiger partial charge in [0.2, 0.25) is 0 Å². The van der Waals surface area contributed by atoms with Crippen LogP contribution in [0.15, 0.2) is 40.9 Å². The molecule has 2 heterocycles. The Morgan fingerprint density at radius 1 is 1.16 bits per heavy atom. The molecule has 0 unspecified atom stereocenters. The van der Waals surface area contributed by atoms with E-state index in [4.69, 9.17) is 14.0 Å². The average molecular weight is 441 g/mol. The molecule has 32 heavy (non-hydrogen) atoms. The van der Waals surface area contributed by atoms with Crippen molar-refractivity contribution in [1.82, 2.24) is 10.1 Å². The number of aromatic nitrogens is 1. The molecule has 1 aromatic heterocycles. The molecule has 3 aromatic rings. The zero-order chi connectivity index (χ0) is 22.3. The number of rotatable bonds is 10. The second-order valence-electron chi connectivity index (χ2n) is 8.24. The summed E-state index contributed by atoms with van der Waals surface area (Å²) in [6, 6.07) is 10.3. The second kappa shape index (κ2) is 10.6. The van der Waals surface area contributed by atoms with Gasteiger partial charge in [-0.25, -0.2) is 4.39 Å². The number of methoxy groups -OCH3 is 1. The summed E-state index contributed by atoms with van der Waals surface area (Å²) in [5.74, 6) is 2.31. The summed E-state index contributed by atoms with van der Waals surface area (Å²) < 4.78 is 30.2. The summed E-state index contributed by atoms with van der Waals surface area (Å²) >= 11 is 0. The largest absolute Gasteiger partial charge is 0.493 e. The molecule has 0 saturated carbocycles. The van der Waals surface area contributed by atoms with Crippen LogP contribution in [0, 0.1) is 5.82 Å². The molecule has 0 atom stereocenters. The van der Waals surface area contributed by atoms with Crippen LogP contribution in [-0.2, 0) is 11.2 Å². The summed E-state index contributed by atoms with van der Waals surface area (Å²) in [6.45, 7) is 3.69. The van der Waals surface area contributed by atoms with E-state index in [1.54, 1.807) is 13.2 Å². The molecule has 1 saturated heterocycles. The predicted molar refractivity (Wildman–Crippen MR) is 120 cm³/mol. The lowest BCUT2D eigenvalue weighted by Gasteiger charge is -2.30. The van der Waals surface area contributed by atoms with Crippen LogP contribution in [-0.4, -0.2) is 49.7 Å². The highest BCUT2D eigenvalue weighted by Gasteiger charge is 2.25. The molecule has 2 aromatic carbocycles. The van der Waals surface area contributed by atoms with Gasteiger partial charge in [0.15, 0.2) is 11.5 Å². The van der Waals surface area contributed by atoms with Crippen molar-refractivity contribution in [2.45, 2.75) is 38.0 Å². The quantitative estimate of drug-likeness (QED) is 0.335. The van der Waals surface area contributed by atoms with Crippen molar-refractivity contribution >= 4 is 17.2 Å². The number of halogens is 1. The predicted octanol–water partition coefficient (Wildman–Crippen LogP) is 4.76. The molecule has 0 amide bonds. The molecule has 6 nitrogen and oxygen atoms in total. The first-order valence-corrected chi connectivity index (χ1v) is 11.2. The summed E-state index contributed by atoms with van der Waals surface area (Å²) in [5.41, 5.74) is 1.51. The zero-order valence-corrected chi connectivity index (χ0v) is 18.4. The number of likely N-dealkylation sites (tertiary alicyclic amines) is 1. The Bertz CT molecular complexity index is 1040. The van der Waals surface area contributed by atoms with Crippen molar-refractivity contribution in [2.24, 2.45) is 0 Å². The summed E-state index contributed by atoms with van der Waals surface area (Å²) in [6.07, 6.45) is 5.30. The van der Waals surface area contributed by atoms with Gasteiger partial charge >= 0.3 is 0 Å². The van der Waals surface area contributed by atoms with E-state index in [0.717, 1.165) is 68.3 Å². The van der Waals surface area contributed by atoms with E-state index in [2.05, 4.69) is 10.1 Å². The van der Waals surface area contributed by atoms with Gasteiger partial charge in [0, 0.05) is 23.8 Å². The average Bonchev–Trinajstić information content (AvgIpc) is 3.23. The molecule has 0 aliphatic carbocycles. The lowest BCUT2D eigenvalue weighted by atomic mass is 9.92. The van der Waals surface area contributed by atoms with E-state index in [1.165, 1.54) is 12.1 Å². The number of fused-ring (bicyclic) bond motifs is 1. The van der Waals surface area contributed by atoms with E-state index in [9.17, 15) is 9.18 Å². The Hall–Kier alpha value is -2.93. The maximum Gasteiger partial charge on any atom is 0.161 e. The third-order valence-electron chi connectivity index (χ3n) is 6.10. The van der Waals surface area contributed by atoms with Crippen LogP contribution in [0.4, 0.5) is 4.39 Å². The summed E-state index contributed by atoms with van der Waals surface area (Å²) in [5, 5.41) is 4.96. The Balaban J connectivity index is 1.18. The number of unbranched alkanes of at least 4 members (excludes halogenated alkanes) is 1. The number of hydrogen-bond donors (Lipinski definition) is 0. The third-order valence-corrected chi connectivity index (χ3v) is 6.10. The molecule has 1 fully saturated rings. The van der Waals surface area contributed by atoms with Crippen LogP contribution in [0.1, 0.15) is 42.9 Å². The molecule has 0 bridgehead atoms. The van der Waals surface area contributed by atoms with Gasteiger partial charge in [0.1, 0.15) is 23.4 Å². The van der Waals surface area contributed by atoms with Gasteiger partial charge in [-0.05, 0) is 75.1 Å². The second-order valence-corrected chi connectivity index (χ2v) is 8.24. The number of piperidine rings is 1. The number of benzene rings is 2. The van der Waals surface area contributed by atoms with Gasteiger partial charge in [-0.1, -0.05) is 11.2 Å². The first kappa shape index (κ1) is 22.3. The van der Waals surface area contributed by atoms with Crippen LogP contribution in [0.2, 0.25) is 0 Å². The molecule has 170 valence electrons. The minimum atomic E-state index is -0.287. The van der Waals surface area contributed by atoms with Gasteiger partial charge in [-0.2, -0.15) is 0 Å². The summed E-state index contributed by atoms with van der Waals surface area (Å²) in [4.78, 5) is 13.2. The molecular formula is C25H29FN2O4. The Kier molecular flexibility index (Phi) is 7.37. The van der Waals surface area contributed by atoms with Crippen LogP contribution >= 0.6 is 0 Å². The number of aldehydes is 1. The zero-order valence-electron chi connectivity index (χ0n) is 18.4. The monoisotopic (exact) mass is 440 g/mol. The van der Waals surface area contributed by atoms with Gasteiger partial charge < -0.3 is 23.7 Å². The fourth-order valence-corrected chi connectivity index (χ4v) is 4.32. The molecule has 0 N–H and O–H groups in total. The van der Waals surface area contributed by atoms with Gasteiger partial charge in [0.25, 0.3) is 0 Å². The summed E-state index contributed by atoms with van der Waals surface area (Å²) in [7, 11) is 1.61. The highest BCUT2D eigenvalue weighted by molar-refractivity contribution is 5.80. The standard InChI is InChI=1S/C25H29FN2O4/c1-30-24-16-18(10-14-29)4-7-23(24)31-15-3-2-11-28-12-8-19(9-13-28)25-21-6-5-20(26)17-22(21)27-32-25/h4-7,14,16-17,19H,2-3,8-13,15H2,1H3. The van der Waals surface area contributed by atoms with E-state index in [-0.39, 0.29) is 5.82 Å². The molecule has 1 aliphatic heterocycles. The van der Waals surface area contributed by atoms with Crippen LogP contribution in [0.3, 0.4) is 0 Å². The topological polar surface area (TPSA) is 64.8 Å². The lowest BCUT2D eigenvalue weighted by Crippen LogP contribution is -2.33. The minimum absolute atomic E-state index is 0.287. The lowest BCUT2D eigenvalue weighted by molar-refractivity contribution is -0.107. The van der Waals surface area contributed by atoms with E-state index in [0.29, 0.717) is 36.0 Å². The SMILES string of the molecule is COc1cc(CC=O)ccc1OCCCCN1CCC(c2onc3cc(F)ccc23)CC1. The third kappa shape index (κ3) is 5.27. The smallest absolute Gasteiger partial charge is 0.161 e. The number of carbonyl (C=O) groups excluding carboxylic acids is 1. The molecule has 0 radical (unpaired) electrons. The molecule has 0 spiro atoms. The Morgan fingerprint density at radius 2 is 2.00 bits per heavy atom. The van der Waals surface area contributed by atoms with Crippen molar-refractivity contribution in [2.75, 3.05) is 33.4 Å². The van der Waals surface area contributed by atoms with Crippen molar-refractivity contribution in [3.05, 3.63) is 53.5 Å². The normalized spacial score (nSPS) is 15.2. The van der Waals surface area contributed by atoms with Crippen molar-refractivity contribution in [1.29, 1.82) is 0 Å². The van der Waals surface area contributed by atoms with Crippen LogP contribution < -0.4 is 9.47 Å². The van der Waals surface area contributed by atoms with Gasteiger partial charge in [0.05, 0.1) is 13.7 Å². The minimum Gasteiger partial charge on any atom is -0.493 e.